The van der Waals surface area contributed by atoms with Crippen LogP contribution in [0.25, 0.3) is 10.8 Å². The molecule has 1 aliphatic rings. The van der Waals surface area contributed by atoms with Crippen LogP contribution in [0.5, 0.6) is 5.75 Å². The number of hydrogen-bond acceptors (Lipinski definition) is 3. The molecule has 124 valence electrons. The highest BCUT2D eigenvalue weighted by atomic mass is 16.5. The van der Waals surface area contributed by atoms with Crippen LogP contribution in [-0.2, 0) is 0 Å². The van der Waals surface area contributed by atoms with Crippen molar-refractivity contribution in [2.45, 2.75) is 19.8 Å². The minimum absolute atomic E-state index is 0.808. The smallest absolute Gasteiger partial charge is 0.127 e. The Bertz CT molecular complexity index is 600. The Labute approximate surface area is 139 Å². The van der Waals surface area contributed by atoms with Gasteiger partial charge in [0.05, 0.1) is 6.61 Å². The number of piperazine rings is 1. The van der Waals surface area contributed by atoms with Gasteiger partial charge in [0.2, 0.25) is 0 Å². The van der Waals surface area contributed by atoms with Crippen LogP contribution in [0.15, 0.2) is 42.5 Å². The molecule has 0 atom stereocenters. The fraction of sp³-hybridized carbons (Fsp3) is 0.500. The Morgan fingerprint density at radius 2 is 1.61 bits per heavy atom. The van der Waals surface area contributed by atoms with Gasteiger partial charge in [-0.15, -0.1) is 0 Å². The predicted octanol–water partition coefficient (Wildman–Crippen LogP) is 3.64. The summed E-state index contributed by atoms with van der Waals surface area (Å²) in [6.45, 7) is 10.3. The predicted molar refractivity (Wildman–Crippen MR) is 97.2 cm³/mol. The number of ether oxygens (including phenoxy) is 1. The van der Waals surface area contributed by atoms with Crippen molar-refractivity contribution in [3.8, 4) is 5.75 Å². The maximum Gasteiger partial charge on any atom is 0.127 e. The van der Waals surface area contributed by atoms with E-state index in [9.17, 15) is 0 Å². The molecule has 3 rings (SSSR count). The van der Waals surface area contributed by atoms with Crippen molar-refractivity contribution in [1.29, 1.82) is 0 Å². The molecule has 1 heterocycles. The molecule has 0 unspecified atom stereocenters. The maximum absolute atomic E-state index is 6.02. The number of unbranched alkanes of at least 4 members (excludes halogenated alkanes) is 1. The number of nitrogens with zero attached hydrogens (tertiary/aromatic N) is 2. The molecule has 0 amide bonds. The highest BCUT2D eigenvalue weighted by Gasteiger charge is 2.14. The SMILES string of the molecule is CCN1CCN(CCCCOc2cccc3ccccc23)CC1. The molecule has 3 heteroatoms. The fourth-order valence-corrected chi connectivity index (χ4v) is 3.27. The summed E-state index contributed by atoms with van der Waals surface area (Å²) >= 11 is 0. The number of rotatable bonds is 7. The molecule has 0 bridgehead atoms. The molecule has 0 saturated carbocycles. The molecule has 1 aliphatic heterocycles. The summed E-state index contributed by atoms with van der Waals surface area (Å²) in [6, 6.07) is 14.7. The Morgan fingerprint density at radius 3 is 2.43 bits per heavy atom. The van der Waals surface area contributed by atoms with Gasteiger partial charge >= 0.3 is 0 Å². The molecule has 23 heavy (non-hydrogen) atoms. The number of fused-ring (bicyclic) bond motifs is 1. The van der Waals surface area contributed by atoms with E-state index in [-0.39, 0.29) is 0 Å². The summed E-state index contributed by atoms with van der Waals surface area (Å²) < 4.78 is 6.02. The number of benzene rings is 2. The lowest BCUT2D eigenvalue weighted by atomic mass is 10.1. The molecular formula is C20H28N2O. The van der Waals surface area contributed by atoms with Crippen molar-refractivity contribution in [2.75, 3.05) is 45.9 Å². The number of likely N-dealkylation sites (N-methyl/N-ethyl adjacent to an activating group) is 1. The van der Waals surface area contributed by atoms with Crippen LogP contribution in [0.1, 0.15) is 19.8 Å². The second-order valence-corrected chi connectivity index (χ2v) is 6.31. The van der Waals surface area contributed by atoms with Gasteiger partial charge in [0.15, 0.2) is 0 Å². The lowest BCUT2D eigenvalue weighted by Gasteiger charge is -2.33. The first-order chi connectivity index (χ1) is 11.4. The van der Waals surface area contributed by atoms with E-state index in [1.165, 1.54) is 56.5 Å². The van der Waals surface area contributed by atoms with Gasteiger partial charge in [-0.3, -0.25) is 0 Å². The Hall–Kier alpha value is -1.58. The van der Waals surface area contributed by atoms with E-state index in [0.29, 0.717) is 0 Å². The summed E-state index contributed by atoms with van der Waals surface area (Å²) in [5.74, 6) is 1.01. The summed E-state index contributed by atoms with van der Waals surface area (Å²) in [5, 5.41) is 2.46. The van der Waals surface area contributed by atoms with E-state index in [1.807, 2.05) is 0 Å². The van der Waals surface area contributed by atoms with Crippen LogP contribution in [0.2, 0.25) is 0 Å². The van der Waals surface area contributed by atoms with Gasteiger partial charge in [0.1, 0.15) is 5.75 Å². The minimum atomic E-state index is 0.808. The molecule has 0 spiro atoms. The topological polar surface area (TPSA) is 15.7 Å². The van der Waals surface area contributed by atoms with Gasteiger partial charge in [-0.25, -0.2) is 0 Å². The summed E-state index contributed by atoms with van der Waals surface area (Å²) in [5.41, 5.74) is 0. The third-order valence-electron chi connectivity index (χ3n) is 4.79. The number of hydrogen-bond donors (Lipinski definition) is 0. The molecule has 0 aliphatic carbocycles. The first-order valence-corrected chi connectivity index (χ1v) is 8.92. The third-order valence-corrected chi connectivity index (χ3v) is 4.79. The Morgan fingerprint density at radius 1 is 0.870 bits per heavy atom. The highest BCUT2D eigenvalue weighted by molar-refractivity contribution is 5.88. The van der Waals surface area contributed by atoms with Crippen molar-refractivity contribution >= 4 is 10.8 Å². The summed E-state index contributed by atoms with van der Waals surface area (Å²) in [7, 11) is 0. The van der Waals surface area contributed by atoms with Crippen molar-refractivity contribution < 1.29 is 4.74 Å². The molecular weight excluding hydrogens is 284 g/mol. The average Bonchev–Trinajstić information content (AvgIpc) is 2.62. The quantitative estimate of drug-likeness (QED) is 0.726. The van der Waals surface area contributed by atoms with Crippen LogP contribution in [0, 0.1) is 0 Å². The van der Waals surface area contributed by atoms with Crippen LogP contribution in [-0.4, -0.2) is 55.7 Å². The zero-order chi connectivity index (χ0) is 15.9. The van der Waals surface area contributed by atoms with Crippen molar-refractivity contribution in [3.05, 3.63) is 42.5 Å². The first kappa shape index (κ1) is 16.3. The van der Waals surface area contributed by atoms with E-state index in [0.717, 1.165) is 18.8 Å². The molecule has 0 N–H and O–H groups in total. The van der Waals surface area contributed by atoms with Gasteiger partial charge in [0.25, 0.3) is 0 Å². The van der Waals surface area contributed by atoms with Gasteiger partial charge in [0, 0.05) is 31.6 Å². The Balaban J connectivity index is 1.38. The van der Waals surface area contributed by atoms with Gasteiger partial charge < -0.3 is 14.5 Å². The molecule has 2 aromatic rings. The normalized spacial score (nSPS) is 16.7. The van der Waals surface area contributed by atoms with Gasteiger partial charge in [-0.05, 0) is 37.4 Å². The van der Waals surface area contributed by atoms with Crippen molar-refractivity contribution in [3.63, 3.8) is 0 Å². The highest BCUT2D eigenvalue weighted by Crippen LogP contribution is 2.25. The van der Waals surface area contributed by atoms with E-state index >= 15 is 0 Å². The maximum atomic E-state index is 6.02. The van der Waals surface area contributed by atoms with Gasteiger partial charge in [-0.1, -0.05) is 43.3 Å². The van der Waals surface area contributed by atoms with Crippen LogP contribution in [0.3, 0.4) is 0 Å². The van der Waals surface area contributed by atoms with Crippen molar-refractivity contribution in [2.24, 2.45) is 0 Å². The summed E-state index contributed by atoms with van der Waals surface area (Å²) in [6.07, 6.45) is 2.34. The fourth-order valence-electron chi connectivity index (χ4n) is 3.27. The van der Waals surface area contributed by atoms with E-state index in [2.05, 4.69) is 59.2 Å². The molecule has 0 aromatic heterocycles. The summed E-state index contributed by atoms with van der Waals surface area (Å²) in [4.78, 5) is 5.12. The van der Waals surface area contributed by atoms with Crippen LogP contribution >= 0.6 is 0 Å². The molecule has 2 aromatic carbocycles. The largest absolute Gasteiger partial charge is 0.493 e. The average molecular weight is 312 g/mol. The lowest BCUT2D eigenvalue weighted by Crippen LogP contribution is -2.46. The minimum Gasteiger partial charge on any atom is -0.493 e. The monoisotopic (exact) mass is 312 g/mol. The zero-order valence-corrected chi connectivity index (χ0v) is 14.2. The lowest BCUT2D eigenvalue weighted by molar-refractivity contribution is 0.134. The van der Waals surface area contributed by atoms with Crippen LogP contribution in [0.4, 0.5) is 0 Å². The van der Waals surface area contributed by atoms with E-state index < -0.39 is 0 Å². The molecule has 0 radical (unpaired) electrons. The van der Waals surface area contributed by atoms with Gasteiger partial charge in [-0.2, -0.15) is 0 Å². The molecule has 1 saturated heterocycles. The second-order valence-electron chi connectivity index (χ2n) is 6.31. The van der Waals surface area contributed by atoms with Crippen LogP contribution < -0.4 is 4.74 Å². The van der Waals surface area contributed by atoms with E-state index in [4.69, 9.17) is 4.74 Å². The Kier molecular flexibility index (Phi) is 5.89. The van der Waals surface area contributed by atoms with Crippen molar-refractivity contribution in [1.82, 2.24) is 9.80 Å². The molecule has 1 fully saturated rings. The zero-order valence-electron chi connectivity index (χ0n) is 14.2. The van der Waals surface area contributed by atoms with E-state index in [1.54, 1.807) is 0 Å². The first-order valence-electron chi connectivity index (χ1n) is 8.92. The third kappa shape index (κ3) is 4.46. The second kappa shape index (κ2) is 8.32. The standard InChI is InChI=1S/C20H28N2O/c1-2-21-13-15-22(16-14-21)12-5-6-17-23-20-11-7-9-18-8-3-4-10-19(18)20/h3-4,7-11H,2,5-6,12-17H2,1H3. The molecule has 3 nitrogen and oxygen atoms in total.